The van der Waals surface area contributed by atoms with E-state index in [-0.39, 0.29) is 12.6 Å². The van der Waals surface area contributed by atoms with Crippen LogP contribution in [0.2, 0.25) is 0 Å². The van der Waals surface area contributed by atoms with E-state index in [1.807, 2.05) is 6.07 Å². The Morgan fingerprint density at radius 3 is 2.37 bits per heavy atom. The Hall–Kier alpha value is -1.06. The summed E-state index contributed by atoms with van der Waals surface area (Å²) >= 11 is 0. The van der Waals surface area contributed by atoms with Gasteiger partial charge in [0, 0.05) is 12.6 Å². The van der Waals surface area contributed by atoms with Crippen LogP contribution in [0.1, 0.15) is 44.7 Å². The van der Waals surface area contributed by atoms with Crippen molar-refractivity contribution in [3.8, 4) is 5.75 Å². The summed E-state index contributed by atoms with van der Waals surface area (Å²) in [5.41, 5.74) is 2.45. The average molecular weight is 265 g/mol. The fraction of sp³-hybridized carbons (Fsp3) is 0.625. The van der Waals surface area contributed by atoms with E-state index in [1.54, 1.807) is 7.11 Å². The molecule has 2 N–H and O–H groups in total. The molecule has 0 spiro atoms. The molecule has 0 bridgehead atoms. The number of nitrogens with one attached hydrogen (secondary N) is 1. The fourth-order valence-electron chi connectivity index (χ4n) is 2.10. The first kappa shape index (κ1) is 16.0. The zero-order valence-electron chi connectivity index (χ0n) is 12.7. The minimum absolute atomic E-state index is 0.143. The Labute approximate surface area is 117 Å². The van der Waals surface area contributed by atoms with Crippen molar-refractivity contribution in [2.45, 2.75) is 46.2 Å². The second kappa shape index (κ2) is 7.51. The molecule has 1 aromatic carbocycles. The Bertz CT molecular complexity index is 388. The minimum atomic E-state index is 0.143. The number of ether oxygens (including phenoxy) is 1. The molecule has 0 amide bonds. The van der Waals surface area contributed by atoms with Gasteiger partial charge >= 0.3 is 0 Å². The van der Waals surface area contributed by atoms with Crippen LogP contribution in [0.25, 0.3) is 0 Å². The summed E-state index contributed by atoms with van der Waals surface area (Å²) in [6.45, 7) is 9.50. The summed E-state index contributed by atoms with van der Waals surface area (Å²) in [6, 6.07) is 6.43. The van der Waals surface area contributed by atoms with Gasteiger partial charge in [0.25, 0.3) is 0 Å². The largest absolute Gasteiger partial charge is 0.496 e. The standard InChI is InChI=1S/C16H27NO2/c1-11(2)14-8-13(6-7-16(14)19-5)9-17-15(10-18)12(3)4/h6-8,11-12,15,17-18H,9-10H2,1-5H3. The Morgan fingerprint density at radius 1 is 1.21 bits per heavy atom. The molecule has 1 rings (SSSR count). The van der Waals surface area contributed by atoms with Gasteiger partial charge in [0.05, 0.1) is 13.7 Å². The quantitative estimate of drug-likeness (QED) is 0.796. The number of hydrogen-bond acceptors (Lipinski definition) is 3. The third-order valence-electron chi connectivity index (χ3n) is 3.49. The highest BCUT2D eigenvalue weighted by molar-refractivity contribution is 5.39. The first-order valence-electron chi connectivity index (χ1n) is 7.00. The fourth-order valence-corrected chi connectivity index (χ4v) is 2.10. The maximum atomic E-state index is 9.32. The molecule has 1 aromatic rings. The zero-order valence-corrected chi connectivity index (χ0v) is 12.7. The summed E-state index contributed by atoms with van der Waals surface area (Å²) in [7, 11) is 1.71. The van der Waals surface area contributed by atoms with Crippen molar-refractivity contribution in [2.24, 2.45) is 5.92 Å². The summed E-state index contributed by atoms with van der Waals surface area (Å²) in [6.07, 6.45) is 0. The molecule has 0 saturated carbocycles. The molecule has 19 heavy (non-hydrogen) atoms. The molecule has 0 aliphatic carbocycles. The molecule has 3 heteroatoms. The molecule has 0 aliphatic rings. The van der Waals surface area contributed by atoms with Gasteiger partial charge in [-0.3, -0.25) is 0 Å². The maximum Gasteiger partial charge on any atom is 0.122 e. The Kier molecular flexibility index (Phi) is 6.32. The first-order chi connectivity index (χ1) is 8.99. The monoisotopic (exact) mass is 265 g/mol. The highest BCUT2D eigenvalue weighted by atomic mass is 16.5. The number of hydrogen-bond donors (Lipinski definition) is 2. The van der Waals surface area contributed by atoms with E-state index in [9.17, 15) is 5.11 Å². The topological polar surface area (TPSA) is 41.5 Å². The number of rotatable bonds is 7. The lowest BCUT2D eigenvalue weighted by molar-refractivity contribution is 0.210. The predicted octanol–water partition coefficient (Wildman–Crippen LogP) is 2.93. The number of aliphatic hydroxyl groups is 1. The van der Waals surface area contributed by atoms with Crippen molar-refractivity contribution in [1.82, 2.24) is 5.32 Å². The van der Waals surface area contributed by atoms with E-state index in [0.29, 0.717) is 11.8 Å². The van der Waals surface area contributed by atoms with E-state index >= 15 is 0 Å². The van der Waals surface area contributed by atoms with Crippen molar-refractivity contribution in [2.75, 3.05) is 13.7 Å². The van der Waals surface area contributed by atoms with Gasteiger partial charge in [-0.05, 0) is 29.0 Å². The predicted molar refractivity (Wildman–Crippen MR) is 79.6 cm³/mol. The van der Waals surface area contributed by atoms with E-state index in [2.05, 4.69) is 45.1 Å². The van der Waals surface area contributed by atoms with Gasteiger partial charge in [-0.1, -0.05) is 39.8 Å². The van der Waals surface area contributed by atoms with Gasteiger partial charge in [0.1, 0.15) is 5.75 Å². The second-order valence-electron chi connectivity index (χ2n) is 5.64. The highest BCUT2D eigenvalue weighted by Gasteiger charge is 2.12. The third-order valence-corrected chi connectivity index (χ3v) is 3.49. The van der Waals surface area contributed by atoms with Gasteiger partial charge in [-0.15, -0.1) is 0 Å². The lowest BCUT2D eigenvalue weighted by Crippen LogP contribution is -2.36. The van der Waals surface area contributed by atoms with Crippen molar-refractivity contribution in [3.05, 3.63) is 29.3 Å². The maximum absolute atomic E-state index is 9.32. The van der Waals surface area contributed by atoms with Crippen molar-refractivity contribution >= 4 is 0 Å². The smallest absolute Gasteiger partial charge is 0.122 e. The first-order valence-corrected chi connectivity index (χ1v) is 7.00. The number of aliphatic hydroxyl groups excluding tert-OH is 1. The number of methoxy groups -OCH3 is 1. The third kappa shape index (κ3) is 4.51. The van der Waals surface area contributed by atoms with Crippen molar-refractivity contribution in [1.29, 1.82) is 0 Å². The molecule has 0 radical (unpaired) electrons. The molecular weight excluding hydrogens is 238 g/mol. The number of benzene rings is 1. The molecule has 1 unspecified atom stereocenters. The molecule has 0 saturated heterocycles. The molecule has 108 valence electrons. The van der Waals surface area contributed by atoms with Crippen LogP contribution < -0.4 is 10.1 Å². The van der Waals surface area contributed by atoms with Gasteiger partial charge < -0.3 is 15.2 Å². The molecular formula is C16H27NO2. The molecule has 0 aliphatic heterocycles. The Balaban J connectivity index is 2.77. The lowest BCUT2D eigenvalue weighted by atomic mass is 9.99. The van der Waals surface area contributed by atoms with Crippen LogP contribution in [-0.4, -0.2) is 24.9 Å². The zero-order chi connectivity index (χ0) is 14.4. The normalized spacial score (nSPS) is 13.1. The van der Waals surface area contributed by atoms with Crippen LogP contribution in [0, 0.1) is 5.92 Å². The van der Waals surface area contributed by atoms with E-state index in [4.69, 9.17) is 4.74 Å². The SMILES string of the molecule is COc1ccc(CNC(CO)C(C)C)cc1C(C)C. The molecule has 3 nitrogen and oxygen atoms in total. The second-order valence-corrected chi connectivity index (χ2v) is 5.64. The molecule has 1 atom stereocenters. The van der Waals surface area contributed by atoms with Crippen LogP contribution in [0.5, 0.6) is 5.75 Å². The van der Waals surface area contributed by atoms with Crippen LogP contribution in [0.3, 0.4) is 0 Å². The molecule has 0 aromatic heterocycles. The van der Waals surface area contributed by atoms with Gasteiger partial charge in [-0.2, -0.15) is 0 Å². The summed E-state index contributed by atoms with van der Waals surface area (Å²) in [5.74, 6) is 1.81. The Morgan fingerprint density at radius 2 is 1.89 bits per heavy atom. The van der Waals surface area contributed by atoms with Crippen LogP contribution in [0.4, 0.5) is 0 Å². The van der Waals surface area contributed by atoms with Crippen LogP contribution in [-0.2, 0) is 6.54 Å². The van der Waals surface area contributed by atoms with Crippen LogP contribution in [0.15, 0.2) is 18.2 Å². The van der Waals surface area contributed by atoms with E-state index in [0.717, 1.165) is 12.3 Å². The lowest BCUT2D eigenvalue weighted by Gasteiger charge is -2.20. The molecule has 0 heterocycles. The summed E-state index contributed by atoms with van der Waals surface area (Å²) in [4.78, 5) is 0. The minimum Gasteiger partial charge on any atom is -0.496 e. The van der Waals surface area contributed by atoms with Crippen molar-refractivity contribution < 1.29 is 9.84 Å². The molecule has 0 fully saturated rings. The van der Waals surface area contributed by atoms with Crippen molar-refractivity contribution in [3.63, 3.8) is 0 Å². The average Bonchev–Trinajstić information content (AvgIpc) is 2.38. The van der Waals surface area contributed by atoms with E-state index < -0.39 is 0 Å². The summed E-state index contributed by atoms with van der Waals surface area (Å²) in [5, 5.41) is 12.7. The van der Waals surface area contributed by atoms with E-state index in [1.165, 1.54) is 11.1 Å². The van der Waals surface area contributed by atoms with Gasteiger partial charge in [-0.25, -0.2) is 0 Å². The summed E-state index contributed by atoms with van der Waals surface area (Å²) < 4.78 is 5.39. The van der Waals surface area contributed by atoms with Gasteiger partial charge in [0.15, 0.2) is 0 Å². The van der Waals surface area contributed by atoms with Crippen LogP contribution >= 0.6 is 0 Å². The highest BCUT2D eigenvalue weighted by Crippen LogP contribution is 2.27. The van der Waals surface area contributed by atoms with Gasteiger partial charge in [0.2, 0.25) is 0 Å².